The predicted octanol–water partition coefficient (Wildman–Crippen LogP) is 0.662. The van der Waals surface area contributed by atoms with E-state index >= 15 is 0 Å². The highest BCUT2D eigenvalue weighted by molar-refractivity contribution is 7.85. The first-order chi connectivity index (χ1) is 7.90. The van der Waals surface area contributed by atoms with Crippen molar-refractivity contribution >= 4 is 21.8 Å². The lowest BCUT2D eigenvalue weighted by Crippen LogP contribution is -2.33. The largest absolute Gasteiger partial charge is 0.497 e. The summed E-state index contributed by atoms with van der Waals surface area (Å²) in [6, 6.07) is 5.72. The van der Waals surface area contributed by atoms with Gasteiger partial charge in [-0.3, -0.25) is 4.55 Å². The lowest BCUT2D eigenvalue weighted by molar-refractivity contribution is 0.253. The summed E-state index contributed by atoms with van der Waals surface area (Å²) in [5, 5.41) is 4.37. The molecular weight excluding hydrogens is 248 g/mol. The van der Waals surface area contributed by atoms with Gasteiger partial charge in [-0.15, -0.1) is 0 Å². The fraction of sp³-hybridized carbons (Fsp3) is 0.222. The van der Waals surface area contributed by atoms with Crippen LogP contribution in [0.5, 0.6) is 5.75 Å². The maximum absolute atomic E-state index is 11.2. The lowest BCUT2D eigenvalue weighted by Gasteiger charge is -2.06. The second kappa shape index (κ2) is 5.51. The van der Waals surface area contributed by atoms with Crippen molar-refractivity contribution in [1.29, 1.82) is 0 Å². The fourth-order valence-corrected chi connectivity index (χ4v) is 1.32. The molecule has 1 aromatic rings. The smallest absolute Gasteiger partial charge is 0.320 e. The van der Waals surface area contributed by atoms with Gasteiger partial charge in [0.2, 0.25) is 0 Å². The molecule has 0 aliphatic carbocycles. The molecule has 0 saturated carbocycles. The number of benzene rings is 1. The highest BCUT2D eigenvalue weighted by Gasteiger charge is 2.07. The van der Waals surface area contributed by atoms with Crippen LogP contribution in [0.4, 0.5) is 10.5 Å². The van der Waals surface area contributed by atoms with E-state index in [1.807, 2.05) is 5.32 Å². The molecule has 0 fully saturated rings. The van der Waals surface area contributed by atoms with Gasteiger partial charge in [-0.25, -0.2) is 4.79 Å². The normalized spacial score (nSPS) is 10.7. The molecule has 0 atom stereocenters. The zero-order valence-corrected chi connectivity index (χ0v) is 9.82. The first-order valence-electron chi connectivity index (χ1n) is 4.55. The lowest BCUT2D eigenvalue weighted by atomic mass is 10.3. The summed E-state index contributed by atoms with van der Waals surface area (Å²) in [4.78, 5) is 11.2. The second-order valence-corrected chi connectivity index (χ2v) is 4.54. The monoisotopic (exact) mass is 260 g/mol. The number of amides is 2. The van der Waals surface area contributed by atoms with E-state index in [4.69, 9.17) is 9.29 Å². The number of rotatable bonds is 4. The Kier molecular flexibility index (Phi) is 4.30. The molecule has 0 aliphatic heterocycles. The molecule has 94 valence electrons. The van der Waals surface area contributed by atoms with E-state index in [-0.39, 0.29) is 0 Å². The van der Waals surface area contributed by atoms with Gasteiger partial charge in [-0.05, 0) is 24.3 Å². The average molecular weight is 260 g/mol. The maximum atomic E-state index is 11.2. The van der Waals surface area contributed by atoms with Crippen molar-refractivity contribution in [2.24, 2.45) is 0 Å². The minimum absolute atomic E-state index is 0.471. The van der Waals surface area contributed by atoms with E-state index in [1.165, 1.54) is 7.11 Å². The van der Waals surface area contributed by atoms with Crippen LogP contribution in [0.1, 0.15) is 0 Å². The van der Waals surface area contributed by atoms with Gasteiger partial charge < -0.3 is 15.4 Å². The number of hydrogen-bond acceptors (Lipinski definition) is 4. The third-order valence-corrected chi connectivity index (χ3v) is 2.27. The minimum atomic E-state index is -4.21. The molecule has 0 aliphatic rings. The summed E-state index contributed by atoms with van der Waals surface area (Å²) in [5.74, 6) is -0.205. The molecule has 0 saturated heterocycles. The Bertz CT molecular complexity index is 483. The van der Waals surface area contributed by atoms with Crippen molar-refractivity contribution in [3.8, 4) is 5.75 Å². The molecule has 0 bridgehead atoms. The van der Waals surface area contributed by atoms with Crippen LogP contribution in [-0.4, -0.2) is 32.0 Å². The zero-order chi connectivity index (χ0) is 12.9. The molecule has 0 heterocycles. The van der Waals surface area contributed by atoms with Gasteiger partial charge in [0.05, 0.1) is 7.11 Å². The Morgan fingerprint density at radius 2 is 1.94 bits per heavy atom. The fourth-order valence-electron chi connectivity index (χ4n) is 1.01. The molecular formula is C9H12N2O5S. The molecule has 17 heavy (non-hydrogen) atoms. The van der Waals surface area contributed by atoms with Gasteiger partial charge in [-0.1, -0.05) is 0 Å². The van der Waals surface area contributed by atoms with E-state index in [9.17, 15) is 13.2 Å². The summed E-state index contributed by atoms with van der Waals surface area (Å²) in [7, 11) is -2.70. The number of nitrogens with one attached hydrogen (secondary N) is 2. The molecule has 0 aromatic heterocycles. The Hall–Kier alpha value is -1.80. The van der Waals surface area contributed by atoms with E-state index in [2.05, 4.69) is 5.32 Å². The van der Waals surface area contributed by atoms with Gasteiger partial charge >= 0.3 is 6.03 Å². The van der Waals surface area contributed by atoms with Gasteiger partial charge in [0.25, 0.3) is 10.1 Å². The molecule has 8 heteroatoms. The molecule has 0 unspecified atom stereocenters. The quantitative estimate of drug-likeness (QED) is 0.690. The Morgan fingerprint density at radius 3 is 2.41 bits per heavy atom. The van der Waals surface area contributed by atoms with Crippen molar-refractivity contribution in [3.05, 3.63) is 24.3 Å². The van der Waals surface area contributed by atoms with Gasteiger partial charge in [0.1, 0.15) is 11.6 Å². The van der Waals surface area contributed by atoms with Crippen LogP contribution >= 0.6 is 0 Å². The predicted molar refractivity (Wildman–Crippen MR) is 61.6 cm³/mol. The van der Waals surface area contributed by atoms with Crippen molar-refractivity contribution in [2.75, 3.05) is 18.3 Å². The third kappa shape index (κ3) is 5.18. The molecule has 7 nitrogen and oxygen atoms in total. The SMILES string of the molecule is COc1ccc(NC(=O)NCS(=O)(=O)O)cc1. The minimum Gasteiger partial charge on any atom is -0.497 e. The summed E-state index contributed by atoms with van der Waals surface area (Å²) in [6.07, 6.45) is 0. The standard InChI is InChI=1S/C9H12N2O5S/c1-16-8-4-2-7(3-5-8)11-9(12)10-6-17(13,14)15/h2-5H,6H2,1H3,(H2,10,11,12)(H,13,14,15). The summed E-state index contributed by atoms with van der Waals surface area (Å²) < 4.78 is 34.1. The zero-order valence-electron chi connectivity index (χ0n) is 9.00. The van der Waals surface area contributed by atoms with E-state index < -0.39 is 22.0 Å². The van der Waals surface area contributed by atoms with Crippen LogP contribution in [0.2, 0.25) is 0 Å². The number of carbonyl (C=O) groups is 1. The summed E-state index contributed by atoms with van der Waals surface area (Å²) in [5.41, 5.74) is 0.471. The van der Waals surface area contributed by atoms with E-state index in [1.54, 1.807) is 24.3 Å². The highest BCUT2D eigenvalue weighted by atomic mass is 32.2. The van der Waals surface area contributed by atoms with E-state index in [0.717, 1.165) is 0 Å². The van der Waals surface area contributed by atoms with Gasteiger partial charge in [0, 0.05) is 5.69 Å². The summed E-state index contributed by atoms with van der Waals surface area (Å²) >= 11 is 0. The average Bonchev–Trinajstić information content (AvgIpc) is 2.27. The van der Waals surface area contributed by atoms with Crippen LogP contribution in [0.3, 0.4) is 0 Å². The third-order valence-electron chi connectivity index (χ3n) is 1.76. The Morgan fingerprint density at radius 1 is 1.35 bits per heavy atom. The molecule has 0 radical (unpaired) electrons. The molecule has 0 spiro atoms. The second-order valence-electron chi connectivity index (χ2n) is 3.09. The van der Waals surface area contributed by atoms with Crippen molar-refractivity contribution in [3.63, 3.8) is 0 Å². The first kappa shape index (κ1) is 13.3. The maximum Gasteiger partial charge on any atom is 0.320 e. The molecule has 1 aromatic carbocycles. The van der Waals surface area contributed by atoms with Crippen LogP contribution in [0.25, 0.3) is 0 Å². The molecule has 3 N–H and O–H groups in total. The van der Waals surface area contributed by atoms with Crippen LogP contribution in [-0.2, 0) is 10.1 Å². The van der Waals surface area contributed by atoms with Gasteiger partial charge in [-0.2, -0.15) is 8.42 Å². The molecule has 1 rings (SSSR count). The van der Waals surface area contributed by atoms with Crippen LogP contribution in [0, 0.1) is 0 Å². The highest BCUT2D eigenvalue weighted by Crippen LogP contribution is 2.14. The number of hydrogen-bond donors (Lipinski definition) is 3. The number of ether oxygens (including phenoxy) is 1. The van der Waals surface area contributed by atoms with Crippen LogP contribution in [0.15, 0.2) is 24.3 Å². The van der Waals surface area contributed by atoms with Crippen molar-refractivity contribution < 1.29 is 22.5 Å². The topological polar surface area (TPSA) is 105 Å². The van der Waals surface area contributed by atoms with E-state index in [0.29, 0.717) is 11.4 Å². The summed E-state index contributed by atoms with van der Waals surface area (Å²) in [6.45, 7) is 0. The Balaban J connectivity index is 2.50. The number of anilines is 1. The number of methoxy groups -OCH3 is 1. The number of carbonyl (C=O) groups excluding carboxylic acids is 1. The van der Waals surface area contributed by atoms with Gasteiger partial charge in [0.15, 0.2) is 0 Å². The first-order valence-corrected chi connectivity index (χ1v) is 6.16. The number of urea groups is 1. The van der Waals surface area contributed by atoms with Crippen molar-refractivity contribution in [2.45, 2.75) is 0 Å². The van der Waals surface area contributed by atoms with Crippen molar-refractivity contribution in [1.82, 2.24) is 5.32 Å². The Labute approximate surface area is 98.5 Å². The van der Waals surface area contributed by atoms with Crippen LogP contribution < -0.4 is 15.4 Å². The molecule has 2 amide bonds.